The van der Waals surface area contributed by atoms with Gasteiger partial charge in [-0.25, -0.2) is 9.37 Å². The van der Waals surface area contributed by atoms with Gasteiger partial charge in [0.15, 0.2) is 0 Å². The number of likely N-dealkylation sites (tertiary alicyclic amines) is 1. The van der Waals surface area contributed by atoms with Crippen LogP contribution in [0.2, 0.25) is 0 Å². The Morgan fingerprint density at radius 3 is 2.55 bits per heavy atom. The number of aromatic nitrogens is 2. The number of fused-ring (bicyclic) bond motifs is 1. The van der Waals surface area contributed by atoms with Gasteiger partial charge in [0.05, 0.1) is 42.3 Å². The lowest BCUT2D eigenvalue weighted by molar-refractivity contribution is -0.140. The van der Waals surface area contributed by atoms with Crippen LogP contribution in [-0.2, 0) is 11.3 Å². The smallest absolute Gasteiger partial charge is 0.406 e. The second-order valence-corrected chi connectivity index (χ2v) is 11.8. The van der Waals surface area contributed by atoms with Gasteiger partial charge in [0, 0.05) is 57.1 Å². The van der Waals surface area contributed by atoms with E-state index in [0.717, 1.165) is 62.5 Å². The van der Waals surface area contributed by atoms with Gasteiger partial charge < -0.3 is 30.0 Å². The highest BCUT2D eigenvalue weighted by Gasteiger charge is 2.33. The van der Waals surface area contributed by atoms with Gasteiger partial charge in [-0.3, -0.25) is 14.5 Å². The summed E-state index contributed by atoms with van der Waals surface area (Å²) < 4.78 is 66.2. The molecule has 252 valence electrons. The molecule has 2 aliphatic heterocycles. The zero-order chi connectivity index (χ0) is 33.7. The van der Waals surface area contributed by atoms with Crippen LogP contribution in [0.3, 0.4) is 0 Å². The fourth-order valence-corrected chi connectivity index (χ4v) is 6.20. The van der Waals surface area contributed by atoms with E-state index < -0.39 is 30.4 Å². The first-order valence-electron chi connectivity index (χ1n) is 15.5. The lowest BCUT2D eigenvalue weighted by Gasteiger charge is -2.42. The number of alkyl halides is 3. The highest BCUT2D eigenvalue weighted by molar-refractivity contribution is 6.05. The molecule has 2 aromatic carbocycles. The van der Waals surface area contributed by atoms with E-state index in [1.54, 1.807) is 0 Å². The van der Waals surface area contributed by atoms with Crippen molar-refractivity contribution in [2.45, 2.75) is 51.0 Å². The number of imidazole rings is 1. The predicted octanol–water partition coefficient (Wildman–Crippen LogP) is 4.19. The number of nitrogens with zero attached hydrogens (tertiary/aromatic N) is 3. The zero-order valence-corrected chi connectivity index (χ0v) is 26.5. The summed E-state index contributed by atoms with van der Waals surface area (Å²) in [4.78, 5) is 32.4. The average Bonchev–Trinajstić information content (AvgIpc) is 3.44. The Labute approximate surface area is 270 Å². The molecule has 0 bridgehead atoms. The highest BCUT2D eigenvalue weighted by atomic mass is 19.4. The fourth-order valence-electron chi connectivity index (χ4n) is 6.20. The number of halogens is 4. The Morgan fingerprint density at radius 1 is 1.11 bits per heavy atom. The van der Waals surface area contributed by atoms with Gasteiger partial charge in [-0.15, -0.1) is 0 Å². The summed E-state index contributed by atoms with van der Waals surface area (Å²) in [5.41, 5.74) is 0.859. The van der Waals surface area contributed by atoms with Crippen molar-refractivity contribution >= 4 is 28.5 Å². The van der Waals surface area contributed by atoms with E-state index in [9.17, 15) is 27.2 Å². The molecular formula is C33H38F4N6O4. The van der Waals surface area contributed by atoms with Crippen molar-refractivity contribution in [1.82, 2.24) is 25.1 Å². The van der Waals surface area contributed by atoms with Crippen LogP contribution in [0, 0.1) is 23.6 Å². The van der Waals surface area contributed by atoms with Gasteiger partial charge in [0.1, 0.15) is 23.6 Å². The molecule has 2 saturated heterocycles. The average molecular weight is 659 g/mol. The molecule has 5 rings (SSSR count). The number of benzene rings is 2. The Hall–Kier alpha value is -4.35. The van der Waals surface area contributed by atoms with Crippen LogP contribution in [0.5, 0.6) is 5.75 Å². The highest BCUT2D eigenvalue weighted by Crippen LogP contribution is 2.29. The number of nitrogens with one attached hydrogen (secondary N) is 3. The van der Waals surface area contributed by atoms with Crippen LogP contribution >= 0.6 is 0 Å². The number of carbonyl (C=O) groups is 2. The molecule has 0 radical (unpaired) electrons. The molecule has 14 heteroatoms. The number of ether oxygens (including phenoxy) is 2. The summed E-state index contributed by atoms with van der Waals surface area (Å²) in [6.45, 7) is 3.99. The molecule has 2 aliphatic rings. The van der Waals surface area contributed by atoms with E-state index in [-0.39, 0.29) is 46.4 Å². The predicted molar refractivity (Wildman–Crippen MR) is 168 cm³/mol. The number of rotatable bonds is 8. The molecule has 47 heavy (non-hydrogen) atoms. The van der Waals surface area contributed by atoms with E-state index in [2.05, 4.69) is 44.6 Å². The minimum absolute atomic E-state index is 0.0137. The van der Waals surface area contributed by atoms with Gasteiger partial charge >= 0.3 is 6.18 Å². The Morgan fingerprint density at radius 2 is 1.87 bits per heavy atom. The number of amides is 2. The van der Waals surface area contributed by atoms with Crippen molar-refractivity contribution in [2.24, 2.45) is 5.92 Å². The fraction of sp³-hybridized carbons (Fsp3) is 0.485. The van der Waals surface area contributed by atoms with Crippen LogP contribution in [-0.4, -0.2) is 91.5 Å². The van der Waals surface area contributed by atoms with Crippen molar-refractivity contribution in [2.75, 3.05) is 52.3 Å². The minimum atomic E-state index is -4.50. The summed E-state index contributed by atoms with van der Waals surface area (Å²) in [6, 6.07) is 5.72. The van der Waals surface area contributed by atoms with Gasteiger partial charge in [-0.2, -0.15) is 13.2 Å². The van der Waals surface area contributed by atoms with Crippen molar-refractivity contribution in [3.05, 3.63) is 53.1 Å². The molecule has 2 fully saturated rings. The third kappa shape index (κ3) is 8.15. The van der Waals surface area contributed by atoms with Gasteiger partial charge in [-0.1, -0.05) is 18.8 Å². The summed E-state index contributed by atoms with van der Waals surface area (Å²) in [6.07, 6.45) is -0.708. The summed E-state index contributed by atoms with van der Waals surface area (Å²) in [5, 5.41) is 8.46. The van der Waals surface area contributed by atoms with Crippen molar-refractivity contribution in [3.63, 3.8) is 0 Å². The number of carbonyl (C=O) groups excluding carboxylic acids is 2. The van der Waals surface area contributed by atoms with Crippen molar-refractivity contribution in [3.8, 4) is 17.6 Å². The Balaban J connectivity index is 1.37. The quantitative estimate of drug-likeness (QED) is 0.246. The molecule has 0 spiro atoms. The lowest BCUT2D eigenvalue weighted by atomic mass is 9.91. The summed E-state index contributed by atoms with van der Waals surface area (Å²) >= 11 is 0. The van der Waals surface area contributed by atoms with Crippen LogP contribution in [0.25, 0.3) is 11.0 Å². The monoisotopic (exact) mass is 658 g/mol. The summed E-state index contributed by atoms with van der Waals surface area (Å²) in [7, 11) is 2.74. The molecule has 2 amide bonds. The van der Waals surface area contributed by atoms with Gasteiger partial charge in [0.2, 0.25) is 0 Å². The third-order valence-electron chi connectivity index (χ3n) is 8.64. The minimum Gasteiger partial charge on any atom is -0.494 e. The first kappa shape index (κ1) is 34.0. The van der Waals surface area contributed by atoms with Crippen LogP contribution in [0.1, 0.15) is 52.5 Å². The van der Waals surface area contributed by atoms with E-state index in [0.29, 0.717) is 17.3 Å². The second-order valence-electron chi connectivity index (χ2n) is 11.8. The molecule has 2 atom stereocenters. The van der Waals surface area contributed by atoms with E-state index >= 15 is 0 Å². The SMILES string of the molecule is CNC(=O)c1cc(NCC#Cc2cc(C(=O)N[C@H]3CCN(C4CCOCC4)C[C@@H]3C)c3ncn(CC(F)(F)F)c3c2)c(OC)cc1F. The maximum Gasteiger partial charge on any atom is 0.406 e. The number of methoxy groups -OCH3 is 1. The number of hydrogen-bond donors (Lipinski definition) is 3. The number of piperidine rings is 1. The number of anilines is 1. The molecule has 1 aromatic heterocycles. The first-order valence-corrected chi connectivity index (χ1v) is 15.5. The molecule has 0 aliphatic carbocycles. The van der Waals surface area contributed by atoms with Gasteiger partial charge in [0.25, 0.3) is 11.8 Å². The molecule has 0 saturated carbocycles. The van der Waals surface area contributed by atoms with Crippen LogP contribution < -0.4 is 20.7 Å². The van der Waals surface area contributed by atoms with Crippen LogP contribution in [0.4, 0.5) is 23.2 Å². The molecule has 10 nitrogen and oxygen atoms in total. The van der Waals surface area contributed by atoms with Gasteiger partial charge in [-0.05, 0) is 43.4 Å². The molecule has 3 heterocycles. The van der Waals surface area contributed by atoms with Crippen molar-refractivity contribution < 1.29 is 36.6 Å². The first-order chi connectivity index (χ1) is 22.5. The molecule has 0 unspecified atom stereocenters. The maximum atomic E-state index is 14.4. The Kier molecular flexibility index (Phi) is 10.6. The van der Waals surface area contributed by atoms with Crippen LogP contribution in [0.15, 0.2) is 30.6 Å². The second kappa shape index (κ2) is 14.6. The molecule has 3 aromatic rings. The van der Waals surface area contributed by atoms with E-state index in [1.165, 1.54) is 32.4 Å². The van der Waals surface area contributed by atoms with Crippen molar-refractivity contribution in [1.29, 1.82) is 0 Å². The largest absolute Gasteiger partial charge is 0.494 e. The normalized spacial score (nSPS) is 19.1. The number of hydrogen-bond acceptors (Lipinski definition) is 7. The molecular weight excluding hydrogens is 620 g/mol. The zero-order valence-electron chi connectivity index (χ0n) is 26.5. The topological polar surface area (TPSA) is 110 Å². The summed E-state index contributed by atoms with van der Waals surface area (Å²) in [5.74, 6) is 4.31. The maximum absolute atomic E-state index is 14.4. The lowest BCUT2D eigenvalue weighted by Crippen LogP contribution is -2.53. The standard InChI is InChI=1S/C33H38F4N6O4/c1-20-17-42(22-7-11-47-12-8-22)10-6-26(20)41-32(45)24-13-21(14-28-30(24)40-19-43(28)18-33(35,36)37)5-4-9-39-27-15-23(31(44)38-2)25(34)16-29(27)46-3/h13-16,19-20,22,26,39H,6-12,17-18H2,1-3H3,(H,38,44)(H,41,45)/t20-,26-/m0/s1. The third-order valence-corrected chi connectivity index (χ3v) is 8.64. The van der Waals surface area contributed by atoms with E-state index in [1.807, 2.05) is 0 Å². The van der Waals surface area contributed by atoms with E-state index in [4.69, 9.17) is 9.47 Å². The molecule has 3 N–H and O–H groups in total. The Bertz CT molecular complexity index is 1680.